The largest absolute Gasteiger partial charge is 0.394 e. The lowest BCUT2D eigenvalue weighted by molar-refractivity contribution is -0.123. The highest BCUT2D eigenvalue weighted by Gasteiger charge is 2.17. The van der Waals surface area contributed by atoms with Gasteiger partial charge in [0.2, 0.25) is 5.91 Å². The van der Waals surface area contributed by atoms with Crippen molar-refractivity contribution in [1.82, 2.24) is 5.32 Å². The van der Waals surface area contributed by atoms with Crippen LogP contribution in [0.2, 0.25) is 0 Å². The fourth-order valence-electron chi connectivity index (χ4n) is 6.70. The molecule has 0 aromatic rings. The van der Waals surface area contributed by atoms with Gasteiger partial charge in [-0.3, -0.25) is 4.79 Å². The predicted molar refractivity (Wildman–Crippen MR) is 294 cm³/mol. The lowest BCUT2D eigenvalue weighted by Crippen LogP contribution is -2.45. The van der Waals surface area contributed by atoms with Crippen molar-refractivity contribution in [3.05, 3.63) is 170 Å². The number of aliphatic hydroxyl groups excluding tert-OH is 2. The summed E-state index contributed by atoms with van der Waals surface area (Å²) >= 11 is 0. The van der Waals surface area contributed by atoms with Crippen molar-refractivity contribution in [3.63, 3.8) is 0 Å². The fraction of sp³-hybridized carbons (Fsp3) is 0.532. The van der Waals surface area contributed by atoms with Gasteiger partial charge in [0.1, 0.15) is 0 Å². The van der Waals surface area contributed by atoms with Gasteiger partial charge in [-0.15, -0.1) is 0 Å². The molecule has 3 N–H and O–H groups in total. The van der Waals surface area contributed by atoms with E-state index in [2.05, 4.69) is 177 Å². The van der Waals surface area contributed by atoms with Crippen molar-refractivity contribution in [2.24, 2.45) is 0 Å². The molecule has 0 saturated carbocycles. The summed E-state index contributed by atoms with van der Waals surface area (Å²) in [4.78, 5) is 12.4. The van der Waals surface area contributed by atoms with Gasteiger partial charge in [0.25, 0.3) is 0 Å². The summed E-state index contributed by atoms with van der Waals surface area (Å²) < 4.78 is 0. The second-order valence-electron chi connectivity index (χ2n) is 16.8. The van der Waals surface area contributed by atoms with E-state index in [1.54, 1.807) is 6.08 Å². The van der Waals surface area contributed by atoms with Crippen LogP contribution in [0.25, 0.3) is 0 Å². The average molecular weight is 904 g/mol. The van der Waals surface area contributed by atoms with E-state index in [4.69, 9.17) is 0 Å². The van der Waals surface area contributed by atoms with E-state index in [1.807, 2.05) is 6.08 Å². The minimum atomic E-state index is -0.893. The molecule has 0 spiro atoms. The average Bonchev–Trinajstić information content (AvgIpc) is 3.32. The molecule has 2 unspecified atom stereocenters. The highest BCUT2D eigenvalue weighted by Crippen LogP contribution is 2.11. The summed E-state index contributed by atoms with van der Waals surface area (Å²) in [6, 6.07) is -0.675. The molecule has 2 atom stereocenters. The second-order valence-corrected chi connectivity index (χ2v) is 16.8. The number of hydrogen-bond acceptors (Lipinski definition) is 3. The molecule has 0 aliphatic heterocycles. The maximum Gasteiger partial charge on any atom is 0.220 e. The highest BCUT2D eigenvalue weighted by molar-refractivity contribution is 5.76. The van der Waals surface area contributed by atoms with Crippen LogP contribution in [0.15, 0.2) is 170 Å². The zero-order chi connectivity index (χ0) is 47.7. The molecule has 0 aromatic heterocycles. The lowest BCUT2D eigenvalue weighted by Gasteiger charge is -2.19. The maximum atomic E-state index is 12.4. The Labute approximate surface area is 407 Å². The Balaban J connectivity index is 3.78. The molecule has 1 amide bonds. The van der Waals surface area contributed by atoms with Crippen LogP contribution < -0.4 is 5.32 Å². The maximum absolute atomic E-state index is 12.4. The van der Waals surface area contributed by atoms with Gasteiger partial charge in [-0.1, -0.05) is 235 Å². The molecule has 0 fully saturated rings. The van der Waals surface area contributed by atoms with Crippen molar-refractivity contribution < 1.29 is 15.0 Å². The number of aliphatic hydroxyl groups is 2. The molecule has 0 heterocycles. The number of amides is 1. The van der Waals surface area contributed by atoms with Gasteiger partial charge in [0, 0.05) is 6.42 Å². The molecule has 0 aliphatic rings. The number of allylic oxidation sites excluding steroid dienone is 27. The molecule has 368 valence electrons. The third-order valence-electron chi connectivity index (χ3n) is 10.7. The Bertz CT molecular complexity index is 1490. The zero-order valence-corrected chi connectivity index (χ0v) is 42.1. The summed E-state index contributed by atoms with van der Waals surface area (Å²) in [5.41, 5.74) is 0. The zero-order valence-electron chi connectivity index (χ0n) is 42.1. The number of carbonyl (C=O) groups is 1. The van der Waals surface area contributed by atoms with E-state index < -0.39 is 12.1 Å². The van der Waals surface area contributed by atoms with E-state index in [-0.39, 0.29) is 12.5 Å². The first kappa shape index (κ1) is 61.8. The van der Waals surface area contributed by atoms with Crippen molar-refractivity contribution >= 4 is 5.91 Å². The highest BCUT2D eigenvalue weighted by atomic mass is 16.3. The van der Waals surface area contributed by atoms with Crippen LogP contribution in [0.4, 0.5) is 0 Å². The third-order valence-corrected chi connectivity index (χ3v) is 10.7. The van der Waals surface area contributed by atoms with Gasteiger partial charge >= 0.3 is 0 Å². The lowest BCUT2D eigenvalue weighted by atomic mass is 10.1. The fourth-order valence-corrected chi connectivity index (χ4v) is 6.70. The molecular formula is C62H97NO3. The van der Waals surface area contributed by atoms with E-state index in [0.717, 1.165) is 116 Å². The third kappa shape index (κ3) is 50.7. The first-order valence-corrected chi connectivity index (χ1v) is 26.3. The molecule has 0 bridgehead atoms. The Kier molecular flexibility index (Phi) is 51.5. The van der Waals surface area contributed by atoms with Crippen LogP contribution in [0.3, 0.4) is 0 Å². The predicted octanol–water partition coefficient (Wildman–Crippen LogP) is 17.6. The number of nitrogens with one attached hydrogen (secondary N) is 1. The minimum Gasteiger partial charge on any atom is -0.394 e. The first-order valence-electron chi connectivity index (χ1n) is 26.3. The van der Waals surface area contributed by atoms with E-state index in [1.165, 1.54) is 57.8 Å². The monoisotopic (exact) mass is 904 g/mol. The van der Waals surface area contributed by atoms with Crippen molar-refractivity contribution in [2.75, 3.05) is 6.61 Å². The van der Waals surface area contributed by atoms with Crippen molar-refractivity contribution in [3.8, 4) is 0 Å². The first-order chi connectivity index (χ1) is 32.7. The molecule has 0 aromatic carbocycles. The molecule has 4 heteroatoms. The van der Waals surface area contributed by atoms with Crippen LogP contribution in [-0.4, -0.2) is 34.9 Å². The summed E-state index contributed by atoms with van der Waals surface area (Å²) in [6.07, 6.45) is 90.6. The van der Waals surface area contributed by atoms with Crippen LogP contribution >= 0.6 is 0 Å². The van der Waals surface area contributed by atoms with Gasteiger partial charge in [-0.2, -0.15) is 0 Å². The van der Waals surface area contributed by atoms with E-state index in [9.17, 15) is 15.0 Å². The van der Waals surface area contributed by atoms with Gasteiger partial charge < -0.3 is 15.5 Å². The summed E-state index contributed by atoms with van der Waals surface area (Å²) in [6.45, 7) is 4.14. The quantitative estimate of drug-likeness (QED) is 0.0421. The van der Waals surface area contributed by atoms with Crippen LogP contribution in [0.5, 0.6) is 0 Å². The summed E-state index contributed by atoms with van der Waals surface area (Å²) in [7, 11) is 0. The topological polar surface area (TPSA) is 69.6 Å². The Morgan fingerprint density at radius 2 is 0.682 bits per heavy atom. The van der Waals surface area contributed by atoms with E-state index >= 15 is 0 Å². The molecule has 0 rings (SSSR count). The molecule has 0 saturated heterocycles. The van der Waals surface area contributed by atoms with Gasteiger partial charge in [-0.25, -0.2) is 0 Å². The number of hydrogen-bond donors (Lipinski definition) is 3. The molecule has 0 aliphatic carbocycles. The van der Waals surface area contributed by atoms with E-state index in [0.29, 0.717) is 6.42 Å². The number of unbranched alkanes of at least 4 members (excludes halogenated alkanes) is 12. The van der Waals surface area contributed by atoms with Gasteiger partial charge in [0.15, 0.2) is 0 Å². The molecular weight excluding hydrogens is 807 g/mol. The Morgan fingerprint density at radius 3 is 1.06 bits per heavy atom. The Hall–Kier alpha value is -4.25. The SMILES string of the molecule is CC/C=C\C/C=C\C/C=C\C/C=C\C/C=C\C/C=C\C/C=C\C/C=C\C/C=C\C/C=C\C/C=C\C/C=C\CCCCC(=O)NC(CO)C(O)/C=C/CC/C=C/CCCCCCCCCCC. The summed E-state index contributed by atoms with van der Waals surface area (Å²) in [5.74, 6) is -0.124. The van der Waals surface area contributed by atoms with Gasteiger partial charge in [-0.05, 0) is 122 Å². The Morgan fingerprint density at radius 1 is 0.379 bits per heavy atom. The standard InChI is InChI=1S/C62H97NO3/c1-3-5-7-9-11-13-15-17-19-20-21-22-23-24-25-26-27-28-29-30-31-32-33-34-35-36-37-38-39-40-41-42-44-46-48-50-52-54-56-58-62(66)63-60(59-64)61(65)57-55-53-51-49-47-45-43-18-16-14-12-10-8-6-4-2/h5,7,11,13,17,19,21-22,24-25,27-28,30-31,33-34,36-37,39-40,42,44,47-50,55,57,60-61,64-65H,3-4,6,8-10,12,14-16,18,20,23,26,29,32,35,38,41,43,45-46,51-54,56,58-59H2,1-2H3,(H,63,66)/b7-5-,13-11-,19-17-,22-21-,25-24-,28-27-,31-30-,34-33-,37-36-,40-39-,44-42-,49-47+,50-48-,57-55+. The smallest absolute Gasteiger partial charge is 0.220 e. The molecule has 0 radical (unpaired) electrons. The van der Waals surface area contributed by atoms with Crippen LogP contribution in [0.1, 0.15) is 194 Å². The van der Waals surface area contributed by atoms with Crippen molar-refractivity contribution in [1.29, 1.82) is 0 Å². The second kappa shape index (κ2) is 55.1. The van der Waals surface area contributed by atoms with Crippen LogP contribution in [0, 0.1) is 0 Å². The minimum absolute atomic E-state index is 0.124. The molecule has 4 nitrogen and oxygen atoms in total. The van der Waals surface area contributed by atoms with Gasteiger partial charge in [0.05, 0.1) is 18.8 Å². The van der Waals surface area contributed by atoms with Crippen molar-refractivity contribution in [2.45, 2.75) is 206 Å². The normalized spacial score (nSPS) is 14.3. The number of carbonyl (C=O) groups excluding carboxylic acids is 1. The van der Waals surface area contributed by atoms with Crippen LogP contribution in [-0.2, 0) is 4.79 Å². The summed E-state index contributed by atoms with van der Waals surface area (Å²) in [5, 5.41) is 23.0. The molecule has 66 heavy (non-hydrogen) atoms. The number of rotatable bonds is 45.